The van der Waals surface area contributed by atoms with E-state index in [1.165, 1.54) is 43.4 Å². The molecule has 0 aliphatic rings. The van der Waals surface area contributed by atoms with Crippen LogP contribution in [0.15, 0.2) is 11.4 Å². The largest absolute Gasteiger partial charge is 0.149 e. The molecule has 13 heavy (non-hydrogen) atoms. The van der Waals surface area contributed by atoms with E-state index >= 15 is 0 Å². The lowest BCUT2D eigenvalue weighted by Crippen LogP contribution is -1.82. The van der Waals surface area contributed by atoms with Crippen molar-refractivity contribution in [3.05, 3.63) is 21.9 Å². The fraction of sp³-hybridized carbons (Fsp3) is 0.667. The highest BCUT2D eigenvalue weighted by molar-refractivity contribution is 7.10. The molecule has 0 aliphatic carbocycles. The van der Waals surface area contributed by atoms with Crippen LogP contribution in [0.1, 0.15) is 50.0 Å². The molecule has 74 valence electrons. The van der Waals surface area contributed by atoms with Gasteiger partial charge in [0.1, 0.15) is 0 Å². The third-order valence-corrected chi connectivity index (χ3v) is 3.51. The van der Waals surface area contributed by atoms with Crippen LogP contribution >= 0.6 is 11.3 Å². The molecule has 1 rings (SSSR count). The molecule has 0 aliphatic heterocycles. The van der Waals surface area contributed by atoms with E-state index in [0.29, 0.717) is 0 Å². The lowest BCUT2D eigenvalue weighted by molar-refractivity contribution is 0.667. The van der Waals surface area contributed by atoms with Gasteiger partial charge in [-0.3, -0.25) is 0 Å². The van der Waals surface area contributed by atoms with E-state index in [0.717, 1.165) is 0 Å². The molecule has 0 atom stereocenters. The Balaban J connectivity index is 2.20. The van der Waals surface area contributed by atoms with Gasteiger partial charge in [0, 0.05) is 4.88 Å². The maximum Gasteiger partial charge on any atom is 0.00453 e. The van der Waals surface area contributed by atoms with E-state index in [1.807, 2.05) is 11.3 Å². The Morgan fingerprint density at radius 3 is 2.62 bits per heavy atom. The number of thiophene rings is 1. The Kier molecular flexibility index (Phi) is 5.14. The first-order chi connectivity index (χ1) is 6.36. The van der Waals surface area contributed by atoms with Gasteiger partial charge in [0.2, 0.25) is 0 Å². The summed E-state index contributed by atoms with van der Waals surface area (Å²) in [6.45, 7) is 4.49. The van der Waals surface area contributed by atoms with E-state index < -0.39 is 0 Å². The van der Waals surface area contributed by atoms with Gasteiger partial charge < -0.3 is 0 Å². The zero-order valence-electron chi connectivity index (χ0n) is 8.81. The quantitative estimate of drug-likeness (QED) is 0.590. The molecule has 0 bridgehead atoms. The molecule has 0 fully saturated rings. The molecule has 0 nitrogen and oxygen atoms in total. The molecule has 0 saturated carbocycles. The van der Waals surface area contributed by atoms with Crippen LogP contribution < -0.4 is 0 Å². The maximum absolute atomic E-state index is 2.37. The van der Waals surface area contributed by atoms with E-state index in [1.54, 1.807) is 5.56 Å². The highest BCUT2D eigenvalue weighted by atomic mass is 32.1. The second kappa shape index (κ2) is 6.20. The van der Waals surface area contributed by atoms with E-state index in [-0.39, 0.29) is 0 Å². The van der Waals surface area contributed by atoms with Crippen molar-refractivity contribution in [2.45, 2.75) is 52.4 Å². The van der Waals surface area contributed by atoms with Crippen molar-refractivity contribution in [3.8, 4) is 0 Å². The first-order valence-corrected chi connectivity index (χ1v) is 6.31. The van der Waals surface area contributed by atoms with Gasteiger partial charge in [-0.25, -0.2) is 0 Å². The van der Waals surface area contributed by atoms with Crippen LogP contribution in [0.5, 0.6) is 0 Å². The average molecular weight is 196 g/mol. The number of unbranched alkanes of at least 4 members (excludes halogenated alkanes) is 3. The number of aryl methyl sites for hydroxylation is 2. The molecule has 0 aromatic carbocycles. The lowest BCUT2D eigenvalue weighted by atomic mass is 10.1. The van der Waals surface area contributed by atoms with E-state index in [9.17, 15) is 0 Å². The fourth-order valence-corrected chi connectivity index (χ4v) is 2.37. The van der Waals surface area contributed by atoms with Gasteiger partial charge in [-0.15, -0.1) is 11.3 Å². The van der Waals surface area contributed by atoms with Crippen LogP contribution in [-0.4, -0.2) is 0 Å². The zero-order valence-corrected chi connectivity index (χ0v) is 9.62. The number of rotatable bonds is 6. The summed E-state index contributed by atoms with van der Waals surface area (Å²) in [5.74, 6) is 0. The second-order valence-corrected chi connectivity index (χ2v) is 4.58. The van der Waals surface area contributed by atoms with Gasteiger partial charge in [-0.05, 0) is 36.3 Å². The SMILES string of the molecule is CCCCCCc1csc(CC)c1. The van der Waals surface area contributed by atoms with Gasteiger partial charge >= 0.3 is 0 Å². The summed E-state index contributed by atoms with van der Waals surface area (Å²) in [5.41, 5.74) is 1.55. The molecule has 0 radical (unpaired) electrons. The standard InChI is InChI=1S/C12H20S/c1-3-5-6-7-8-11-9-12(4-2)13-10-11/h9-10H,3-8H2,1-2H3. The second-order valence-electron chi connectivity index (χ2n) is 3.59. The summed E-state index contributed by atoms with van der Waals surface area (Å²) in [5, 5.41) is 2.32. The molecule has 1 aromatic rings. The minimum absolute atomic E-state index is 1.19. The monoisotopic (exact) mass is 196 g/mol. The predicted octanol–water partition coefficient (Wildman–Crippen LogP) is 4.43. The topological polar surface area (TPSA) is 0 Å². The van der Waals surface area contributed by atoms with Gasteiger partial charge in [0.25, 0.3) is 0 Å². The molecule has 1 aromatic heterocycles. The summed E-state index contributed by atoms with van der Waals surface area (Å²) in [4.78, 5) is 1.53. The minimum atomic E-state index is 1.19. The van der Waals surface area contributed by atoms with Crippen LogP contribution in [0, 0.1) is 0 Å². The van der Waals surface area contributed by atoms with Crippen molar-refractivity contribution in [3.63, 3.8) is 0 Å². The molecule has 0 unspecified atom stereocenters. The van der Waals surface area contributed by atoms with Crippen molar-refractivity contribution in [2.24, 2.45) is 0 Å². The molecular weight excluding hydrogens is 176 g/mol. The number of hydrogen-bond donors (Lipinski definition) is 0. The van der Waals surface area contributed by atoms with Crippen LogP contribution in [0.2, 0.25) is 0 Å². The van der Waals surface area contributed by atoms with Crippen LogP contribution in [0.3, 0.4) is 0 Å². The highest BCUT2D eigenvalue weighted by Crippen LogP contribution is 2.17. The molecular formula is C12H20S. The summed E-state index contributed by atoms with van der Waals surface area (Å²) >= 11 is 1.91. The van der Waals surface area contributed by atoms with Crippen molar-refractivity contribution in [1.29, 1.82) is 0 Å². The first kappa shape index (κ1) is 10.8. The van der Waals surface area contributed by atoms with E-state index in [2.05, 4.69) is 25.3 Å². The Morgan fingerprint density at radius 2 is 2.00 bits per heavy atom. The first-order valence-electron chi connectivity index (χ1n) is 5.43. The summed E-state index contributed by atoms with van der Waals surface area (Å²) in [6.07, 6.45) is 7.98. The molecule has 1 heteroatoms. The van der Waals surface area contributed by atoms with Gasteiger partial charge in [-0.2, -0.15) is 0 Å². The minimum Gasteiger partial charge on any atom is -0.149 e. The van der Waals surface area contributed by atoms with Crippen molar-refractivity contribution in [1.82, 2.24) is 0 Å². The lowest BCUT2D eigenvalue weighted by Gasteiger charge is -1.96. The Labute approximate surface area is 86.0 Å². The summed E-state index contributed by atoms with van der Waals surface area (Å²) in [7, 11) is 0. The summed E-state index contributed by atoms with van der Waals surface area (Å²) in [6, 6.07) is 2.37. The van der Waals surface area contributed by atoms with Crippen LogP contribution in [0.4, 0.5) is 0 Å². The fourth-order valence-electron chi connectivity index (χ4n) is 1.50. The predicted molar refractivity (Wildman–Crippen MR) is 61.5 cm³/mol. The normalized spacial score (nSPS) is 10.6. The third-order valence-electron chi connectivity index (χ3n) is 2.38. The van der Waals surface area contributed by atoms with Crippen molar-refractivity contribution < 1.29 is 0 Å². The zero-order chi connectivity index (χ0) is 9.52. The van der Waals surface area contributed by atoms with Crippen molar-refractivity contribution in [2.75, 3.05) is 0 Å². The number of hydrogen-bond acceptors (Lipinski definition) is 1. The van der Waals surface area contributed by atoms with Crippen LogP contribution in [-0.2, 0) is 12.8 Å². The third kappa shape index (κ3) is 3.95. The molecule has 0 saturated heterocycles. The Morgan fingerprint density at radius 1 is 1.15 bits per heavy atom. The van der Waals surface area contributed by atoms with Crippen molar-refractivity contribution >= 4 is 11.3 Å². The van der Waals surface area contributed by atoms with Gasteiger partial charge in [-0.1, -0.05) is 33.1 Å². The van der Waals surface area contributed by atoms with Gasteiger partial charge in [0.15, 0.2) is 0 Å². The molecule has 1 heterocycles. The highest BCUT2D eigenvalue weighted by Gasteiger charge is 1.97. The summed E-state index contributed by atoms with van der Waals surface area (Å²) < 4.78 is 0. The van der Waals surface area contributed by atoms with Crippen LogP contribution in [0.25, 0.3) is 0 Å². The average Bonchev–Trinajstić information content (AvgIpc) is 2.60. The molecule has 0 spiro atoms. The molecule has 0 amide bonds. The maximum atomic E-state index is 2.37. The van der Waals surface area contributed by atoms with E-state index in [4.69, 9.17) is 0 Å². The molecule has 0 N–H and O–H groups in total. The smallest absolute Gasteiger partial charge is 0.00453 e. The Bertz CT molecular complexity index is 225. The van der Waals surface area contributed by atoms with Gasteiger partial charge in [0.05, 0.1) is 0 Å². The Hall–Kier alpha value is -0.300.